The van der Waals surface area contributed by atoms with Gasteiger partial charge in [0.2, 0.25) is 5.75 Å². The summed E-state index contributed by atoms with van der Waals surface area (Å²) in [5.41, 5.74) is 9.65. The molecule has 1 aromatic heterocycles. The minimum Gasteiger partial charge on any atom is -0.496 e. The van der Waals surface area contributed by atoms with E-state index in [0.29, 0.717) is 28.6 Å². The van der Waals surface area contributed by atoms with Gasteiger partial charge in [-0.05, 0) is 41.4 Å². The van der Waals surface area contributed by atoms with Gasteiger partial charge in [-0.15, -0.1) is 12.4 Å². The van der Waals surface area contributed by atoms with E-state index in [4.69, 9.17) is 24.7 Å². The second kappa shape index (κ2) is 11.9. The maximum absolute atomic E-state index is 12.3. The molecule has 1 atom stereocenters. The topological polar surface area (TPSA) is 113 Å². The van der Waals surface area contributed by atoms with E-state index in [9.17, 15) is 9.90 Å². The van der Waals surface area contributed by atoms with Crippen molar-refractivity contribution in [2.24, 2.45) is 5.73 Å². The summed E-state index contributed by atoms with van der Waals surface area (Å²) < 4.78 is 26.4. The Morgan fingerprint density at radius 1 is 1.00 bits per heavy atom. The van der Waals surface area contributed by atoms with Gasteiger partial charge in [0.15, 0.2) is 17.3 Å². The summed E-state index contributed by atoms with van der Waals surface area (Å²) >= 11 is 1.32. The number of methoxy groups -OCH3 is 4. The molecule has 0 saturated heterocycles. The molecule has 8 nitrogen and oxygen atoms in total. The summed E-state index contributed by atoms with van der Waals surface area (Å²) in [7, 11) is 6.22. The fourth-order valence-corrected chi connectivity index (χ4v) is 4.09. The molecule has 0 aliphatic carbocycles. The van der Waals surface area contributed by atoms with Crippen LogP contribution >= 0.6 is 23.9 Å². The first-order valence-corrected chi connectivity index (χ1v) is 10.6. The Kier molecular flexibility index (Phi) is 9.48. The van der Waals surface area contributed by atoms with Crippen LogP contribution in [0.4, 0.5) is 0 Å². The third-order valence-electron chi connectivity index (χ3n) is 5.07. The molecule has 178 valence electrons. The van der Waals surface area contributed by atoms with E-state index >= 15 is 0 Å². The molecule has 0 bridgehead atoms. The number of aliphatic hydroxyl groups excluding tert-OH is 1. The highest BCUT2D eigenvalue weighted by atomic mass is 35.5. The van der Waals surface area contributed by atoms with Crippen LogP contribution in [0.1, 0.15) is 5.56 Å². The second-order valence-corrected chi connectivity index (χ2v) is 7.58. The van der Waals surface area contributed by atoms with E-state index in [1.807, 2.05) is 29.6 Å². The lowest BCUT2D eigenvalue weighted by molar-refractivity contribution is -0.120. The van der Waals surface area contributed by atoms with E-state index in [-0.39, 0.29) is 24.6 Å². The van der Waals surface area contributed by atoms with Crippen LogP contribution in [0, 0.1) is 0 Å². The van der Waals surface area contributed by atoms with Gasteiger partial charge in [0, 0.05) is 28.5 Å². The van der Waals surface area contributed by atoms with E-state index in [2.05, 4.69) is 4.37 Å². The van der Waals surface area contributed by atoms with Gasteiger partial charge in [0.25, 0.3) is 0 Å². The molecule has 2 aromatic carbocycles. The molecule has 0 fully saturated rings. The molecule has 0 spiro atoms. The molecule has 0 aliphatic rings. The molecule has 0 aliphatic heterocycles. The normalized spacial score (nSPS) is 11.3. The first-order valence-electron chi connectivity index (χ1n) is 9.78. The van der Waals surface area contributed by atoms with Crippen molar-refractivity contribution in [2.45, 2.75) is 12.5 Å². The predicted octanol–water partition coefficient (Wildman–Crippen LogP) is 3.36. The van der Waals surface area contributed by atoms with Crippen molar-refractivity contribution in [3.05, 3.63) is 41.3 Å². The van der Waals surface area contributed by atoms with E-state index < -0.39 is 12.6 Å². The van der Waals surface area contributed by atoms with Crippen molar-refractivity contribution in [3.63, 3.8) is 0 Å². The summed E-state index contributed by atoms with van der Waals surface area (Å²) in [5.74, 6) is 1.86. The van der Waals surface area contributed by atoms with Crippen molar-refractivity contribution in [1.29, 1.82) is 0 Å². The predicted molar refractivity (Wildman–Crippen MR) is 130 cm³/mol. The van der Waals surface area contributed by atoms with Crippen molar-refractivity contribution < 1.29 is 28.8 Å². The van der Waals surface area contributed by atoms with Gasteiger partial charge in [-0.1, -0.05) is 6.07 Å². The Bertz CT molecular complexity index is 1080. The van der Waals surface area contributed by atoms with Gasteiger partial charge in [-0.2, -0.15) is 4.37 Å². The Hall–Kier alpha value is -2.85. The average molecular weight is 495 g/mol. The summed E-state index contributed by atoms with van der Waals surface area (Å²) in [5, 5.41) is 11.1. The lowest BCUT2D eigenvalue weighted by atomic mass is 9.96. The Labute approximate surface area is 202 Å². The molecule has 0 saturated carbocycles. The maximum atomic E-state index is 12.3. The van der Waals surface area contributed by atoms with Gasteiger partial charge >= 0.3 is 0 Å². The standard InChI is InChI=1S/C23H26N2O6S.ClH/c1-28-19-6-5-13(7-14(19)8-18(27)17(24)11-26)16-12-32-25-22(16)15-9-20(29-2)23(31-4)21(10-15)30-3;/h5-7,9-10,12,17,26H,8,11,24H2,1-4H3;1H. The number of halogens is 1. The number of nitrogens with two attached hydrogens (primary N) is 1. The zero-order valence-corrected chi connectivity index (χ0v) is 20.4. The van der Waals surface area contributed by atoms with Gasteiger partial charge in [-0.3, -0.25) is 4.79 Å². The molecular formula is C23H27ClN2O6S. The Balaban J connectivity index is 0.00000385. The molecular weight excluding hydrogens is 468 g/mol. The lowest BCUT2D eigenvalue weighted by Crippen LogP contribution is -2.35. The molecule has 10 heteroatoms. The van der Waals surface area contributed by atoms with Crippen LogP contribution < -0.4 is 24.7 Å². The third kappa shape index (κ3) is 5.56. The van der Waals surface area contributed by atoms with Crippen molar-refractivity contribution >= 4 is 29.7 Å². The number of hydrogen-bond donors (Lipinski definition) is 2. The maximum Gasteiger partial charge on any atom is 0.203 e. The molecule has 1 unspecified atom stereocenters. The number of carbonyl (C=O) groups is 1. The Morgan fingerprint density at radius 2 is 1.64 bits per heavy atom. The van der Waals surface area contributed by atoms with E-state index in [1.54, 1.807) is 34.5 Å². The van der Waals surface area contributed by atoms with Crippen molar-refractivity contribution in [3.8, 4) is 45.4 Å². The second-order valence-electron chi connectivity index (χ2n) is 6.95. The fourth-order valence-electron chi connectivity index (χ4n) is 3.37. The summed E-state index contributed by atoms with van der Waals surface area (Å²) in [6, 6.07) is 8.35. The van der Waals surface area contributed by atoms with Crippen LogP contribution in [0.5, 0.6) is 23.0 Å². The first kappa shape index (κ1) is 26.4. The van der Waals surface area contributed by atoms with Crippen LogP contribution in [-0.2, 0) is 11.2 Å². The number of ether oxygens (including phenoxy) is 4. The average Bonchev–Trinajstić information content (AvgIpc) is 3.32. The SMILES string of the molecule is COc1ccc(-c2csnc2-c2cc(OC)c(OC)c(OC)c2)cc1CC(=O)C(N)CO.Cl. The lowest BCUT2D eigenvalue weighted by Gasteiger charge is -2.15. The Morgan fingerprint density at radius 3 is 2.18 bits per heavy atom. The minimum absolute atomic E-state index is 0. The summed E-state index contributed by atoms with van der Waals surface area (Å²) in [6.45, 7) is -0.402. The molecule has 3 N–H and O–H groups in total. The smallest absolute Gasteiger partial charge is 0.203 e. The van der Waals surface area contributed by atoms with Gasteiger partial charge < -0.3 is 29.8 Å². The monoisotopic (exact) mass is 494 g/mol. The third-order valence-corrected chi connectivity index (χ3v) is 5.70. The number of Topliss-reactive ketones (excluding diaryl/α,β-unsaturated/α-hetero) is 1. The van der Waals surface area contributed by atoms with Crippen LogP contribution in [0.2, 0.25) is 0 Å². The number of ketones is 1. The first-order chi connectivity index (χ1) is 15.5. The van der Waals surface area contributed by atoms with E-state index in [0.717, 1.165) is 22.4 Å². The zero-order chi connectivity index (χ0) is 23.3. The number of benzene rings is 2. The van der Waals surface area contributed by atoms with Gasteiger partial charge in [-0.25, -0.2) is 0 Å². The number of carbonyl (C=O) groups excluding carboxylic acids is 1. The van der Waals surface area contributed by atoms with Crippen LogP contribution in [0.15, 0.2) is 35.7 Å². The van der Waals surface area contributed by atoms with Gasteiger partial charge in [0.05, 0.1) is 46.8 Å². The highest BCUT2D eigenvalue weighted by molar-refractivity contribution is 7.04. The molecule has 1 heterocycles. The largest absolute Gasteiger partial charge is 0.496 e. The molecule has 0 amide bonds. The van der Waals surface area contributed by atoms with Crippen LogP contribution in [-0.4, -0.2) is 56.4 Å². The molecule has 3 aromatic rings. The number of aliphatic hydroxyl groups is 1. The number of rotatable bonds is 10. The number of aromatic nitrogens is 1. The zero-order valence-electron chi connectivity index (χ0n) is 18.8. The quantitative estimate of drug-likeness (QED) is 0.441. The number of hydrogen-bond acceptors (Lipinski definition) is 9. The molecule has 33 heavy (non-hydrogen) atoms. The summed E-state index contributed by atoms with van der Waals surface area (Å²) in [6.07, 6.45) is 0.0514. The van der Waals surface area contributed by atoms with Crippen molar-refractivity contribution in [1.82, 2.24) is 4.37 Å². The highest BCUT2D eigenvalue weighted by Gasteiger charge is 2.20. The molecule has 0 radical (unpaired) electrons. The van der Waals surface area contributed by atoms with Crippen LogP contribution in [0.25, 0.3) is 22.4 Å². The molecule has 3 rings (SSSR count). The highest BCUT2D eigenvalue weighted by Crippen LogP contribution is 2.43. The minimum atomic E-state index is -0.930. The van der Waals surface area contributed by atoms with E-state index in [1.165, 1.54) is 11.5 Å². The number of nitrogens with zero attached hydrogens (tertiary/aromatic N) is 1. The fraction of sp³-hybridized carbons (Fsp3) is 0.304. The van der Waals surface area contributed by atoms with Gasteiger partial charge in [0.1, 0.15) is 5.75 Å². The van der Waals surface area contributed by atoms with Crippen LogP contribution in [0.3, 0.4) is 0 Å². The van der Waals surface area contributed by atoms with Crippen molar-refractivity contribution in [2.75, 3.05) is 35.0 Å². The summed E-state index contributed by atoms with van der Waals surface area (Å²) in [4.78, 5) is 12.3.